The van der Waals surface area contributed by atoms with Gasteiger partial charge in [-0.2, -0.15) is 0 Å². The second-order valence-corrected chi connectivity index (χ2v) is 6.91. The Bertz CT molecular complexity index is 750. The van der Waals surface area contributed by atoms with Crippen molar-refractivity contribution in [3.05, 3.63) is 30.3 Å². The number of hydrogen-bond acceptors (Lipinski definition) is 6. The van der Waals surface area contributed by atoms with Gasteiger partial charge < -0.3 is 9.64 Å². The Morgan fingerprint density at radius 1 is 1.31 bits per heavy atom. The van der Waals surface area contributed by atoms with E-state index in [1.165, 1.54) is 11.8 Å². The molecule has 7 nitrogen and oxygen atoms in total. The molecule has 1 atom stereocenters. The van der Waals surface area contributed by atoms with Crippen molar-refractivity contribution >= 4 is 23.6 Å². The molecule has 2 aromatic rings. The number of hydrogen-bond donors (Lipinski definition) is 1. The monoisotopic (exact) mass is 374 g/mol. The number of aromatic nitrogens is 3. The van der Waals surface area contributed by atoms with E-state index in [0.717, 1.165) is 18.4 Å². The van der Waals surface area contributed by atoms with Crippen LogP contribution in [-0.4, -0.2) is 56.9 Å². The summed E-state index contributed by atoms with van der Waals surface area (Å²) in [6, 6.07) is 9.21. The number of rotatable bonds is 6. The van der Waals surface area contributed by atoms with Crippen LogP contribution >= 0.6 is 11.8 Å². The van der Waals surface area contributed by atoms with Crippen molar-refractivity contribution < 1.29 is 14.3 Å². The third-order valence-electron chi connectivity index (χ3n) is 4.22. The maximum Gasteiger partial charge on any atom is 0.328 e. The molecule has 1 aromatic carbocycles. The Balaban J connectivity index is 1.59. The van der Waals surface area contributed by atoms with E-state index in [1.807, 2.05) is 30.3 Å². The molecule has 3 rings (SSSR count). The van der Waals surface area contributed by atoms with Crippen molar-refractivity contribution in [3.63, 3.8) is 0 Å². The number of piperidine rings is 1. The number of benzene rings is 1. The summed E-state index contributed by atoms with van der Waals surface area (Å²) >= 11 is 1.27. The highest BCUT2D eigenvalue weighted by Crippen LogP contribution is 2.22. The number of H-pyrrole nitrogens is 1. The summed E-state index contributed by atoms with van der Waals surface area (Å²) < 4.78 is 5.11. The molecule has 2 heterocycles. The van der Waals surface area contributed by atoms with Crippen molar-refractivity contribution in [1.82, 2.24) is 20.1 Å². The number of nitrogens with zero attached hydrogens (tertiary/aromatic N) is 3. The predicted octanol–water partition coefficient (Wildman–Crippen LogP) is 2.51. The van der Waals surface area contributed by atoms with Crippen molar-refractivity contribution in [2.75, 3.05) is 18.9 Å². The summed E-state index contributed by atoms with van der Waals surface area (Å²) in [5.41, 5.74) is 0.941. The Morgan fingerprint density at radius 3 is 2.88 bits per heavy atom. The molecule has 0 spiro atoms. The maximum atomic E-state index is 12.6. The number of carbonyl (C=O) groups is 2. The van der Waals surface area contributed by atoms with E-state index >= 15 is 0 Å². The highest BCUT2D eigenvalue weighted by Gasteiger charge is 2.33. The summed E-state index contributed by atoms with van der Waals surface area (Å²) in [5.74, 6) is 0.471. The van der Waals surface area contributed by atoms with E-state index < -0.39 is 6.04 Å². The topological polar surface area (TPSA) is 88.2 Å². The first-order chi connectivity index (χ1) is 12.7. The summed E-state index contributed by atoms with van der Waals surface area (Å²) in [6.07, 6.45) is 2.50. The zero-order chi connectivity index (χ0) is 18.4. The molecule has 0 bridgehead atoms. The van der Waals surface area contributed by atoms with Gasteiger partial charge in [-0.1, -0.05) is 42.1 Å². The SMILES string of the molecule is CCOC(=O)[C@@H]1CCCCN1C(=O)CSc1n[nH]c(-c2ccccc2)n1. The van der Waals surface area contributed by atoms with Crippen LogP contribution in [0.1, 0.15) is 26.2 Å². The first-order valence-electron chi connectivity index (χ1n) is 8.75. The molecule has 0 unspecified atom stereocenters. The molecule has 1 aliphatic rings. The Hall–Kier alpha value is -2.35. The van der Waals surface area contributed by atoms with Crippen LogP contribution in [-0.2, 0) is 14.3 Å². The highest BCUT2D eigenvalue weighted by atomic mass is 32.2. The number of likely N-dealkylation sites (tertiary alicyclic amines) is 1. The fourth-order valence-electron chi connectivity index (χ4n) is 2.96. The zero-order valence-electron chi connectivity index (χ0n) is 14.7. The smallest absolute Gasteiger partial charge is 0.328 e. The van der Waals surface area contributed by atoms with Crippen molar-refractivity contribution in [1.29, 1.82) is 0 Å². The van der Waals surface area contributed by atoms with Gasteiger partial charge >= 0.3 is 5.97 Å². The first-order valence-corrected chi connectivity index (χ1v) is 9.74. The van der Waals surface area contributed by atoms with Crippen LogP contribution in [0.15, 0.2) is 35.5 Å². The lowest BCUT2D eigenvalue weighted by Crippen LogP contribution is -2.49. The van der Waals surface area contributed by atoms with Gasteiger partial charge in [0.1, 0.15) is 6.04 Å². The molecule has 138 valence electrons. The van der Waals surface area contributed by atoms with Crippen LogP contribution in [0.3, 0.4) is 0 Å². The summed E-state index contributed by atoms with van der Waals surface area (Å²) in [4.78, 5) is 30.7. The molecular formula is C18H22N4O3S. The van der Waals surface area contributed by atoms with E-state index in [0.29, 0.717) is 30.6 Å². The van der Waals surface area contributed by atoms with Gasteiger partial charge in [-0.25, -0.2) is 9.78 Å². The van der Waals surface area contributed by atoms with Crippen molar-refractivity contribution in [2.24, 2.45) is 0 Å². The number of nitrogens with one attached hydrogen (secondary N) is 1. The lowest BCUT2D eigenvalue weighted by atomic mass is 10.0. The Morgan fingerprint density at radius 2 is 2.12 bits per heavy atom. The minimum absolute atomic E-state index is 0.0844. The molecule has 1 amide bonds. The lowest BCUT2D eigenvalue weighted by Gasteiger charge is -2.33. The van der Waals surface area contributed by atoms with E-state index in [2.05, 4.69) is 15.2 Å². The van der Waals surface area contributed by atoms with Gasteiger partial charge in [0.25, 0.3) is 0 Å². The number of aromatic amines is 1. The summed E-state index contributed by atoms with van der Waals surface area (Å²) in [7, 11) is 0. The normalized spacial score (nSPS) is 17.1. The predicted molar refractivity (Wildman–Crippen MR) is 98.5 cm³/mol. The second kappa shape index (κ2) is 8.84. The first kappa shape index (κ1) is 18.4. The quantitative estimate of drug-likeness (QED) is 0.617. The summed E-state index contributed by atoms with van der Waals surface area (Å²) in [6.45, 7) is 2.69. The van der Waals surface area contributed by atoms with Crippen molar-refractivity contribution in [2.45, 2.75) is 37.4 Å². The largest absolute Gasteiger partial charge is 0.464 e. The number of amides is 1. The minimum Gasteiger partial charge on any atom is -0.464 e. The molecule has 8 heteroatoms. The molecule has 0 aliphatic carbocycles. The van der Waals surface area contributed by atoms with Crippen LogP contribution in [0.2, 0.25) is 0 Å². The van der Waals surface area contributed by atoms with E-state index in [-0.39, 0.29) is 17.6 Å². The summed E-state index contributed by atoms with van der Waals surface area (Å²) in [5, 5.41) is 7.56. The van der Waals surface area contributed by atoms with E-state index in [1.54, 1.807) is 11.8 Å². The molecule has 26 heavy (non-hydrogen) atoms. The van der Waals surface area contributed by atoms with Crippen molar-refractivity contribution in [3.8, 4) is 11.4 Å². The third kappa shape index (κ3) is 4.43. The standard InChI is InChI=1S/C18H22N4O3S/c1-2-25-17(24)14-10-6-7-11-22(14)15(23)12-26-18-19-16(20-21-18)13-8-4-3-5-9-13/h3-5,8-9,14H,2,6-7,10-12H2,1H3,(H,19,20,21)/t14-/m0/s1. The van der Waals surface area contributed by atoms with E-state index in [4.69, 9.17) is 4.74 Å². The van der Waals surface area contributed by atoms with Gasteiger partial charge in [-0.15, -0.1) is 5.10 Å². The van der Waals surface area contributed by atoms with Gasteiger partial charge in [0.15, 0.2) is 5.82 Å². The van der Waals surface area contributed by atoms with Crippen LogP contribution < -0.4 is 0 Å². The fraction of sp³-hybridized carbons (Fsp3) is 0.444. The average Bonchev–Trinajstić information content (AvgIpc) is 3.16. The van der Waals surface area contributed by atoms with Crippen LogP contribution in [0.4, 0.5) is 0 Å². The van der Waals surface area contributed by atoms with E-state index in [9.17, 15) is 9.59 Å². The Labute approximate surface area is 156 Å². The van der Waals surface area contributed by atoms with Crippen LogP contribution in [0.25, 0.3) is 11.4 Å². The van der Waals surface area contributed by atoms with Gasteiger partial charge in [0, 0.05) is 12.1 Å². The third-order valence-corrected chi connectivity index (χ3v) is 5.05. The van der Waals surface area contributed by atoms with Gasteiger partial charge in [0.2, 0.25) is 11.1 Å². The Kier molecular flexibility index (Phi) is 6.27. The molecular weight excluding hydrogens is 352 g/mol. The van der Waals surface area contributed by atoms with Gasteiger partial charge in [-0.3, -0.25) is 9.89 Å². The number of carbonyl (C=O) groups excluding carboxylic acids is 2. The number of esters is 1. The molecule has 0 saturated carbocycles. The zero-order valence-corrected chi connectivity index (χ0v) is 15.5. The van der Waals surface area contributed by atoms with Crippen LogP contribution in [0.5, 0.6) is 0 Å². The lowest BCUT2D eigenvalue weighted by molar-refractivity contribution is -0.155. The number of ether oxygens (including phenoxy) is 1. The molecule has 1 N–H and O–H groups in total. The molecule has 1 saturated heterocycles. The molecule has 1 aromatic heterocycles. The minimum atomic E-state index is -0.469. The second-order valence-electron chi connectivity index (χ2n) is 5.97. The molecule has 1 aliphatic heterocycles. The van der Waals surface area contributed by atoms with Crippen LogP contribution in [0, 0.1) is 0 Å². The average molecular weight is 374 g/mol. The molecule has 1 fully saturated rings. The maximum absolute atomic E-state index is 12.6. The molecule has 0 radical (unpaired) electrons. The number of thioether (sulfide) groups is 1. The van der Waals surface area contributed by atoms with Gasteiger partial charge in [-0.05, 0) is 26.2 Å². The highest BCUT2D eigenvalue weighted by molar-refractivity contribution is 7.99. The fourth-order valence-corrected chi connectivity index (χ4v) is 3.64. The van der Waals surface area contributed by atoms with Gasteiger partial charge in [0.05, 0.1) is 12.4 Å².